The summed E-state index contributed by atoms with van der Waals surface area (Å²) < 4.78 is 6.03. The summed E-state index contributed by atoms with van der Waals surface area (Å²) in [6, 6.07) is 0. The highest BCUT2D eigenvalue weighted by atomic mass is 79.9. The number of methoxy groups -OCH3 is 1. The molecule has 5 heteroatoms. The van der Waals surface area contributed by atoms with Crippen LogP contribution in [0.4, 0.5) is 0 Å². The lowest BCUT2D eigenvalue weighted by molar-refractivity contribution is -0.141. The molecule has 0 bridgehead atoms. The van der Waals surface area contributed by atoms with E-state index in [0.717, 1.165) is 10.0 Å². The first-order valence-corrected chi connectivity index (χ1v) is 5.74. The van der Waals surface area contributed by atoms with Gasteiger partial charge in [0, 0.05) is 16.2 Å². The average molecular weight is 288 g/mol. The van der Waals surface area contributed by atoms with E-state index in [1.807, 2.05) is 0 Å². The number of hydrogen-bond donors (Lipinski definition) is 1. The predicted molar refractivity (Wildman–Crippen MR) is 63.6 cm³/mol. The molecule has 4 nitrogen and oxygen atoms in total. The topological polar surface area (TPSA) is 59.4 Å². The van der Waals surface area contributed by atoms with Crippen molar-refractivity contribution in [2.45, 2.75) is 19.8 Å². The van der Waals surface area contributed by atoms with Gasteiger partial charge in [-0.05, 0) is 28.8 Å². The lowest BCUT2D eigenvalue weighted by Crippen LogP contribution is -2.10. The minimum atomic E-state index is -0.774. The smallest absolute Gasteiger partial charge is 0.306 e. The molecule has 0 spiro atoms. The number of carbonyl (C=O) groups is 1. The van der Waals surface area contributed by atoms with Gasteiger partial charge in [0.25, 0.3) is 0 Å². The van der Waals surface area contributed by atoms with E-state index < -0.39 is 5.97 Å². The summed E-state index contributed by atoms with van der Waals surface area (Å²) in [6.07, 6.45) is 4.54. The Labute approximate surface area is 103 Å². The third-order valence-electron chi connectivity index (χ3n) is 2.43. The van der Waals surface area contributed by atoms with E-state index in [2.05, 4.69) is 20.9 Å². The van der Waals surface area contributed by atoms with Crippen LogP contribution in [0.25, 0.3) is 0 Å². The summed E-state index contributed by atoms with van der Waals surface area (Å²) in [5.74, 6) is -0.444. The number of aromatic nitrogens is 1. The van der Waals surface area contributed by atoms with Crippen molar-refractivity contribution in [3.63, 3.8) is 0 Å². The average Bonchev–Trinajstić information content (AvgIpc) is 2.26. The largest absolute Gasteiger partial charge is 0.495 e. The minimum absolute atomic E-state index is 0.357. The van der Waals surface area contributed by atoms with Crippen LogP contribution >= 0.6 is 15.9 Å². The molecule has 0 fully saturated rings. The Morgan fingerprint density at radius 2 is 2.31 bits per heavy atom. The molecule has 0 aliphatic carbocycles. The van der Waals surface area contributed by atoms with Crippen LogP contribution in [0.15, 0.2) is 16.9 Å². The fourth-order valence-electron chi connectivity index (χ4n) is 1.35. The highest BCUT2D eigenvalue weighted by molar-refractivity contribution is 9.10. The molecule has 0 saturated heterocycles. The Bertz CT molecular complexity index is 381. The Balaban J connectivity index is 2.76. The lowest BCUT2D eigenvalue weighted by atomic mass is 10.0. The maximum absolute atomic E-state index is 10.7. The fourth-order valence-corrected chi connectivity index (χ4v) is 1.86. The van der Waals surface area contributed by atoms with Crippen molar-refractivity contribution in [2.24, 2.45) is 5.92 Å². The van der Waals surface area contributed by atoms with Crippen molar-refractivity contribution in [1.29, 1.82) is 0 Å². The van der Waals surface area contributed by atoms with Crippen molar-refractivity contribution in [3.8, 4) is 5.75 Å². The van der Waals surface area contributed by atoms with Gasteiger partial charge in [-0.25, -0.2) is 0 Å². The quantitative estimate of drug-likeness (QED) is 0.904. The van der Waals surface area contributed by atoms with E-state index >= 15 is 0 Å². The van der Waals surface area contributed by atoms with Crippen LogP contribution in [0.3, 0.4) is 0 Å². The molecular formula is C11H14BrNO3. The van der Waals surface area contributed by atoms with E-state index in [-0.39, 0.29) is 5.92 Å². The Kier molecular flexibility index (Phi) is 4.73. The lowest BCUT2D eigenvalue weighted by Gasteiger charge is -2.11. The standard InChI is InChI=1S/C11H14BrNO3/c1-7(11(14)15)3-4-8-9(12)5-13-6-10(8)16-2/h5-7H,3-4H2,1-2H3,(H,14,15). The molecule has 1 heterocycles. The zero-order chi connectivity index (χ0) is 12.1. The molecular weight excluding hydrogens is 274 g/mol. The highest BCUT2D eigenvalue weighted by Crippen LogP contribution is 2.27. The Morgan fingerprint density at radius 1 is 1.62 bits per heavy atom. The number of rotatable bonds is 5. The van der Waals surface area contributed by atoms with Gasteiger partial charge in [-0.2, -0.15) is 0 Å². The van der Waals surface area contributed by atoms with Crippen LogP contribution in [0.1, 0.15) is 18.9 Å². The van der Waals surface area contributed by atoms with Gasteiger partial charge < -0.3 is 9.84 Å². The minimum Gasteiger partial charge on any atom is -0.495 e. The van der Waals surface area contributed by atoms with Crippen molar-refractivity contribution in [2.75, 3.05) is 7.11 Å². The molecule has 1 N–H and O–H groups in total. The second kappa shape index (κ2) is 5.84. The number of carboxylic acid groups (broad SMARTS) is 1. The van der Waals surface area contributed by atoms with Gasteiger partial charge >= 0.3 is 5.97 Å². The van der Waals surface area contributed by atoms with Crippen molar-refractivity contribution in [3.05, 3.63) is 22.4 Å². The van der Waals surface area contributed by atoms with E-state index in [9.17, 15) is 4.79 Å². The molecule has 0 aliphatic rings. The predicted octanol–water partition coefficient (Wildman–Crippen LogP) is 2.51. The Hall–Kier alpha value is -1.10. The summed E-state index contributed by atoms with van der Waals surface area (Å²) in [5, 5.41) is 8.80. The van der Waals surface area contributed by atoms with E-state index in [1.54, 1.807) is 26.4 Å². The molecule has 1 aromatic rings. The van der Waals surface area contributed by atoms with Gasteiger partial charge in [-0.3, -0.25) is 9.78 Å². The molecule has 1 aromatic heterocycles. The van der Waals surface area contributed by atoms with Crippen LogP contribution in [-0.4, -0.2) is 23.2 Å². The summed E-state index contributed by atoms with van der Waals surface area (Å²) in [5.41, 5.74) is 0.964. The van der Waals surface area contributed by atoms with Crippen molar-refractivity contribution < 1.29 is 14.6 Å². The molecule has 88 valence electrons. The number of ether oxygens (including phenoxy) is 1. The number of nitrogens with zero attached hydrogens (tertiary/aromatic N) is 1. The summed E-state index contributed by atoms with van der Waals surface area (Å²) in [4.78, 5) is 14.7. The first kappa shape index (κ1) is 13.0. The number of halogens is 1. The number of carboxylic acids is 1. The van der Waals surface area contributed by atoms with Crippen molar-refractivity contribution in [1.82, 2.24) is 4.98 Å². The van der Waals surface area contributed by atoms with Gasteiger partial charge in [0.2, 0.25) is 0 Å². The molecule has 0 amide bonds. The van der Waals surface area contributed by atoms with E-state index in [4.69, 9.17) is 9.84 Å². The zero-order valence-electron chi connectivity index (χ0n) is 9.24. The molecule has 1 unspecified atom stereocenters. The van der Waals surface area contributed by atoms with Crippen molar-refractivity contribution >= 4 is 21.9 Å². The zero-order valence-corrected chi connectivity index (χ0v) is 10.8. The molecule has 0 aliphatic heterocycles. The maximum atomic E-state index is 10.7. The second-order valence-corrected chi connectivity index (χ2v) is 4.43. The van der Waals surface area contributed by atoms with Gasteiger partial charge in [-0.1, -0.05) is 6.92 Å². The van der Waals surface area contributed by atoms with Gasteiger partial charge in [0.05, 0.1) is 19.2 Å². The van der Waals surface area contributed by atoms with Crippen LogP contribution in [0.2, 0.25) is 0 Å². The first-order chi connectivity index (χ1) is 7.56. The van der Waals surface area contributed by atoms with E-state index in [0.29, 0.717) is 18.6 Å². The van der Waals surface area contributed by atoms with Crippen LogP contribution in [0, 0.1) is 5.92 Å². The number of aliphatic carboxylic acids is 1. The third-order valence-corrected chi connectivity index (χ3v) is 3.12. The number of pyridine rings is 1. The summed E-state index contributed by atoms with van der Waals surface area (Å²) in [7, 11) is 1.58. The highest BCUT2D eigenvalue weighted by Gasteiger charge is 2.14. The van der Waals surface area contributed by atoms with Gasteiger partial charge in [0.1, 0.15) is 5.75 Å². The fraction of sp³-hybridized carbons (Fsp3) is 0.455. The summed E-state index contributed by atoms with van der Waals surface area (Å²) >= 11 is 3.39. The number of hydrogen-bond acceptors (Lipinski definition) is 3. The van der Waals surface area contributed by atoms with Crippen LogP contribution in [0.5, 0.6) is 5.75 Å². The summed E-state index contributed by atoms with van der Waals surface area (Å²) in [6.45, 7) is 1.70. The van der Waals surface area contributed by atoms with Gasteiger partial charge in [-0.15, -0.1) is 0 Å². The molecule has 0 radical (unpaired) electrons. The molecule has 16 heavy (non-hydrogen) atoms. The molecule has 0 saturated carbocycles. The third kappa shape index (κ3) is 3.20. The van der Waals surface area contributed by atoms with E-state index in [1.165, 1.54) is 0 Å². The first-order valence-electron chi connectivity index (χ1n) is 4.95. The van der Waals surface area contributed by atoms with Crippen LogP contribution < -0.4 is 4.74 Å². The monoisotopic (exact) mass is 287 g/mol. The molecule has 0 aromatic carbocycles. The molecule has 1 rings (SSSR count). The normalized spacial score (nSPS) is 12.2. The van der Waals surface area contributed by atoms with Gasteiger partial charge in [0.15, 0.2) is 0 Å². The Morgan fingerprint density at radius 3 is 2.88 bits per heavy atom. The molecule has 1 atom stereocenters. The maximum Gasteiger partial charge on any atom is 0.306 e. The SMILES string of the molecule is COc1cncc(Br)c1CCC(C)C(=O)O. The second-order valence-electron chi connectivity index (χ2n) is 3.58. The van der Waals surface area contributed by atoms with Crippen LogP contribution in [-0.2, 0) is 11.2 Å².